The van der Waals surface area contributed by atoms with Gasteiger partial charge in [0.2, 0.25) is 0 Å². The van der Waals surface area contributed by atoms with Crippen molar-refractivity contribution in [3.05, 3.63) is 34.9 Å². The van der Waals surface area contributed by atoms with Gasteiger partial charge in [-0.1, -0.05) is 44.0 Å². The van der Waals surface area contributed by atoms with Crippen molar-refractivity contribution in [2.75, 3.05) is 0 Å². The third-order valence-corrected chi connectivity index (χ3v) is 4.68. The van der Waals surface area contributed by atoms with E-state index in [9.17, 15) is 0 Å². The molecule has 2 heteroatoms. The molecule has 1 aromatic rings. The summed E-state index contributed by atoms with van der Waals surface area (Å²) in [5.41, 5.74) is 8.10. The summed E-state index contributed by atoms with van der Waals surface area (Å²) in [6, 6.07) is 8.60. The Labute approximate surface area is 116 Å². The van der Waals surface area contributed by atoms with E-state index in [4.69, 9.17) is 17.3 Å². The minimum Gasteiger partial charge on any atom is -0.327 e. The van der Waals surface area contributed by atoms with Crippen LogP contribution in [0.5, 0.6) is 0 Å². The van der Waals surface area contributed by atoms with Gasteiger partial charge < -0.3 is 5.73 Å². The zero-order valence-electron chi connectivity index (χ0n) is 11.5. The standard InChI is InChI=1S/C16H24ClN/c1-12(2)4-9-15(18)16(10-3-11-16)13-5-7-14(17)8-6-13/h5-8,12,15H,3-4,9-11,18H2,1-2H3/t15-/m1/s1. The Kier molecular flexibility index (Phi) is 4.34. The Morgan fingerprint density at radius 2 is 1.78 bits per heavy atom. The Morgan fingerprint density at radius 3 is 2.22 bits per heavy atom. The number of rotatable bonds is 5. The van der Waals surface area contributed by atoms with Gasteiger partial charge in [-0.25, -0.2) is 0 Å². The first kappa shape index (κ1) is 13.9. The SMILES string of the molecule is CC(C)CC[C@@H](N)C1(c2ccc(Cl)cc2)CCC1. The van der Waals surface area contributed by atoms with Gasteiger partial charge in [-0.05, 0) is 49.3 Å². The normalized spacial score (nSPS) is 19.6. The summed E-state index contributed by atoms with van der Waals surface area (Å²) >= 11 is 5.97. The van der Waals surface area contributed by atoms with E-state index in [1.807, 2.05) is 12.1 Å². The molecule has 1 saturated carbocycles. The zero-order chi connectivity index (χ0) is 13.2. The molecule has 1 fully saturated rings. The molecule has 2 rings (SSSR count). The van der Waals surface area contributed by atoms with Crippen LogP contribution in [-0.4, -0.2) is 6.04 Å². The van der Waals surface area contributed by atoms with Gasteiger partial charge in [0.25, 0.3) is 0 Å². The molecule has 100 valence electrons. The maximum atomic E-state index is 6.50. The van der Waals surface area contributed by atoms with Gasteiger partial charge in [-0.2, -0.15) is 0 Å². The molecule has 1 aliphatic rings. The summed E-state index contributed by atoms with van der Waals surface area (Å²) in [5.74, 6) is 0.735. The van der Waals surface area contributed by atoms with Gasteiger partial charge in [0.05, 0.1) is 0 Å². The van der Waals surface area contributed by atoms with E-state index in [2.05, 4.69) is 26.0 Å². The van der Waals surface area contributed by atoms with Crippen molar-refractivity contribution in [3.63, 3.8) is 0 Å². The second kappa shape index (κ2) is 5.63. The van der Waals surface area contributed by atoms with Crippen LogP contribution in [0.3, 0.4) is 0 Å². The van der Waals surface area contributed by atoms with Gasteiger partial charge in [-0.3, -0.25) is 0 Å². The third-order valence-electron chi connectivity index (χ3n) is 4.43. The lowest BCUT2D eigenvalue weighted by Crippen LogP contribution is -2.50. The predicted octanol–water partition coefficient (Wildman–Crippen LogP) is 4.53. The van der Waals surface area contributed by atoms with Gasteiger partial charge in [0.15, 0.2) is 0 Å². The van der Waals surface area contributed by atoms with Gasteiger partial charge in [-0.15, -0.1) is 0 Å². The topological polar surface area (TPSA) is 26.0 Å². The van der Waals surface area contributed by atoms with E-state index in [0.717, 1.165) is 17.4 Å². The van der Waals surface area contributed by atoms with Crippen LogP contribution in [0.15, 0.2) is 24.3 Å². The fourth-order valence-corrected chi connectivity index (χ4v) is 3.13. The first-order chi connectivity index (χ1) is 8.54. The molecule has 2 N–H and O–H groups in total. The van der Waals surface area contributed by atoms with E-state index >= 15 is 0 Å². The first-order valence-corrected chi connectivity index (χ1v) is 7.44. The molecule has 0 radical (unpaired) electrons. The number of benzene rings is 1. The highest BCUT2D eigenvalue weighted by Crippen LogP contribution is 2.47. The molecule has 0 aromatic heterocycles. The molecule has 1 nitrogen and oxygen atoms in total. The Balaban J connectivity index is 2.12. The van der Waals surface area contributed by atoms with E-state index in [0.29, 0.717) is 0 Å². The van der Waals surface area contributed by atoms with E-state index in [-0.39, 0.29) is 11.5 Å². The minimum atomic E-state index is 0.222. The largest absolute Gasteiger partial charge is 0.327 e. The zero-order valence-corrected chi connectivity index (χ0v) is 12.2. The lowest BCUT2D eigenvalue weighted by Gasteiger charge is -2.47. The molecule has 1 atom stereocenters. The van der Waals surface area contributed by atoms with Crippen molar-refractivity contribution < 1.29 is 0 Å². The van der Waals surface area contributed by atoms with Crippen LogP contribution in [-0.2, 0) is 5.41 Å². The summed E-state index contributed by atoms with van der Waals surface area (Å²) < 4.78 is 0. The van der Waals surface area contributed by atoms with Crippen molar-refractivity contribution in [1.82, 2.24) is 0 Å². The lowest BCUT2D eigenvalue weighted by atomic mass is 9.59. The monoisotopic (exact) mass is 265 g/mol. The quantitative estimate of drug-likeness (QED) is 0.832. The van der Waals surface area contributed by atoms with Gasteiger partial charge >= 0.3 is 0 Å². The lowest BCUT2D eigenvalue weighted by molar-refractivity contribution is 0.183. The van der Waals surface area contributed by atoms with Crippen molar-refractivity contribution in [3.8, 4) is 0 Å². The van der Waals surface area contributed by atoms with Crippen LogP contribution >= 0.6 is 11.6 Å². The Bertz CT molecular complexity index is 379. The molecule has 0 aliphatic heterocycles. The van der Waals surface area contributed by atoms with Crippen LogP contribution in [0.4, 0.5) is 0 Å². The maximum absolute atomic E-state index is 6.50. The summed E-state index contributed by atoms with van der Waals surface area (Å²) in [6.07, 6.45) is 6.11. The molecule has 0 bridgehead atoms. The summed E-state index contributed by atoms with van der Waals surface area (Å²) in [6.45, 7) is 4.53. The fourth-order valence-electron chi connectivity index (χ4n) is 3.00. The van der Waals surface area contributed by atoms with Crippen molar-refractivity contribution in [2.45, 2.75) is 57.4 Å². The van der Waals surface area contributed by atoms with Crippen LogP contribution in [0.1, 0.15) is 51.5 Å². The van der Waals surface area contributed by atoms with Crippen molar-refractivity contribution in [1.29, 1.82) is 0 Å². The Morgan fingerprint density at radius 1 is 1.17 bits per heavy atom. The molecule has 0 amide bonds. The highest BCUT2D eigenvalue weighted by molar-refractivity contribution is 6.30. The number of halogens is 1. The number of hydrogen-bond acceptors (Lipinski definition) is 1. The average Bonchev–Trinajstić information content (AvgIpc) is 2.27. The van der Waals surface area contributed by atoms with Crippen molar-refractivity contribution in [2.24, 2.45) is 11.7 Å². The number of nitrogens with two attached hydrogens (primary N) is 1. The van der Waals surface area contributed by atoms with Crippen molar-refractivity contribution >= 4 is 11.6 Å². The highest BCUT2D eigenvalue weighted by Gasteiger charge is 2.43. The van der Waals surface area contributed by atoms with Gasteiger partial charge in [0.1, 0.15) is 0 Å². The predicted molar refractivity (Wildman–Crippen MR) is 79.0 cm³/mol. The second-order valence-electron chi connectivity index (χ2n) is 6.09. The molecular formula is C16H24ClN. The van der Waals surface area contributed by atoms with Gasteiger partial charge in [0, 0.05) is 16.5 Å². The van der Waals surface area contributed by atoms with Crippen LogP contribution in [0.2, 0.25) is 5.02 Å². The fraction of sp³-hybridized carbons (Fsp3) is 0.625. The maximum Gasteiger partial charge on any atom is 0.0406 e. The van der Waals surface area contributed by atoms with E-state index < -0.39 is 0 Å². The minimum absolute atomic E-state index is 0.222. The van der Waals surface area contributed by atoms with E-state index in [1.165, 1.54) is 31.2 Å². The Hall–Kier alpha value is -0.530. The van der Waals surface area contributed by atoms with E-state index in [1.54, 1.807) is 0 Å². The average molecular weight is 266 g/mol. The molecule has 1 aliphatic carbocycles. The molecule has 0 saturated heterocycles. The number of hydrogen-bond donors (Lipinski definition) is 1. The molecule has 1 aromatic carbocycles. The third kappa shape index (κ3) is 2.73. The summed E-state index contributed by atoms with van der Waals surface area (Å²) in [5, 5.41) is 0.809. The smallest absolute Gasteiger partial charge is 0.0406 e. The van der Waals surface area contributed by atoms with Crippen LogP contribution in [0, 0.1) is 5.92 Å². The molecule has 0 unspecified atom stereocenters. The summed E-state index contributed by atoms with van der Waals surface area (Å²) in [4.78, 5) is 0. The van der Waals surface area contributed by atoms with Crippen LogP contribution in [0.25, 0.3) is 0 Å². The van der Waals surface area contributed by atoms with Crippen LogP contribution < -0.4 is 5.73 Å². The first-order valence-electron chi connectivity index (χ1n) is 7.06. The molecular weight excluding hydrogens is 242 g/mol. The second-order valence-corrected chi connectivity index (χ2v) is 6.53. The molecule has 0 heterocycles. The molecule has 0 spiro atoms. The highest BCUT2D eigenvalue weighted by atomic mass is 35.5. The summed E-state index contributed by atoms with van der Waals surface area (Å²) in [7, 11) is 0. The molecule has 18 heavy (non-hydrogen) atoms.